The summed E-state index contributed by atoms with van der Waals surface area (Å²) in [5.74, 6) is -1.51. The Hall–Kier alpha value is -2.30. The zero-order chi connectivity index (χ0) is 15.6. The minimum absolute atomic E-state index is 0.104. The second kappa shape index (κ2) is 5.99. The summed E-state index contributed by atoms with van der Waals surface area (Å²) in [6.45, 7) is 5.48. The fourth-order valence-electron chi connectivity index (χ4n) is 2.24. The molecule has 5 nitrogen and oxygen atoms in total. The lowest BCUT2D eigenvalue weighted by Gasteiger charge is -2.17. The molecule has 0 aliphatic heterocycles. The molecule has 1 aromatic carbocycles. The standard InChI is InChI=1S/C16H19NO4/c1-9(2)15(16(19)20)17-14(18)7-11-8-21-13-6-10(3)4-5-12(11)13/h4-6,8-9,15H,7H2,1-3H3,(H,17,18)(H,19,20). The van der Waals surface area contributed by atoms with Crippen molar-refractivity contribution in [3.63, 3.8) is 0 Å². The van der Waals surface area contributed by atoms with E-state index in [1.54, 1.807) is 20.1 Å². The van der Waals surface area contributed by atoms with E-state index in [4.69, 9.17) is 9.52 Å². The number of fused-ring (bicyclic) bond motifs is 1. The van der Waals surface area contributed by atoms with Crippen molar-refractivity contribution in [1.82, 2.24) is 5.32 Å². The van der Waals surface area contributed by atoms with Crippen LogP contribution in [-0.4, -0.2) is 23.0 Å². The Balaban J connectivity index is 2.13. The summed E-state index contributed by atoms with van der Waals surface area (Å²) in [5, 5.41) is 12.5. The second-order valence-electron chi connectivity index (χ2n) is 5.56. The number of furan rings is 1. The third kappa shape index (κ3) is 3.42. The summed E-state index contributed by atoms with van der Waals surface area (Å²) in [4.78, 5) is 23.1. The van der Waals surface area contributed by atoms with Crippen LogP contribution in [0.2, 0.25) is 0 Å². The van der Waals surface area contributed by atoms with Crippen LogP contribution in [0, 0.1) is 12.8 Å². The van der Waals surface area contributed by atoms with E-state index in [2.05, 4.69) is 5.32 Å². The number of rotatable bonds is 5. The monoisotopic (exact) mass is 289 g/mol. The number of hydrogen-bond donors (Lipinski definition) is 2. The van der Waals surface area contributed by atoms with Crippen LogP contribution >= 0.6 is 0 Å². The van der Waals surface area contributed by atoms with Crippen molar-refractivity contribution in [2.45, 2.75) is 33.2 Å². The number of hydrogen-bond acceptors (Lipinski definition) is 3. The summed E-state index contributed by atoms with van der Waals surface area (Å²) < 4.78 is 5.43. The zero-order valence-electron chi connectivity index (χ0n) is 12.3. The average Bonchev–Trinajstić information content (AvgIpc) is 2.77. The van der Waals surface area contributed by atoms with Gasteiger partial charge in [-0.25, -0.2) is 4.79 Å². The van der Waals surface area contributed by atoms with Crippen molar-refractivity contribution in [2.24, 2.45) is 5.92 Å². The smallest absolute Gasteiger partial charge is 0.326 e. The summed E-state index contributed by atoms with van der Waals surface area (Å²) in [7, 11) is 0. The van der Waals surface area contributed by atoms with Gasteiger partial charge in [-0.15, -0.1) is 0 Å². The lowest BCUT2D eigenvalue weighted by atomic mass is 10.0. The number of aliphatic carboxylic acids is 1. The fraction of sp³-hybridized carbons (Fsp3) is 0.375. The molecule has 5 heteroatoms. The highest BCUT2D eigenvalue weighted by molar-refractivity contribution is 5.89. The van der Waals surface area contributed by atoms with Crippen LogP contribution in [-0.2, 0) is 16.0 Å². The first-order chi connectivity index (χ1) is 9.88. The van der Waals surface area contributed by atoms with Gasteiger partial charge >= 0.3 is 5.97 Å². The van der Waals surface area contributed by atoms with Crippen molar-refractivity contribution in [1.29, 1.82) is 0 Å². The zero-order valence-corrected chi connectivity index (χ0v) is 12.3. The summed E-state index contributed by atoms with van der Waals surface area (Å²) >= 11 is 0. The largest absolute Gasteiger partial charge is 0.480 e. The van der Waals surface area contributed by atoms with E-state index in [-0.39, 0.29) is 18.2 Å². The molecule has 0 fully saturated rings. The quantitative estimate of drug-likeness (QED) is 0.886. The van der Waals surface area contributed by atoms with E-state index in [0.29, 0.717) is 0 Å². The Morgan fingerprint density at radius 2 is 2.05 bits per heavy atom. The molecule has 2 rings (SSSR count). The number of nitrogens with one attached hydrogen (secondary N) is 1. The molecule has 1 heterocycles. The van der Waals surface area contributed by atoms with Gasteiger partial charge in [0.2, 0.25) is 5.91 Å². The molecule has 0 spiro atoms. The summed E-state index contributed by atoms with van der Waals surface area (Å²) in [5.41, 5.74) is 2.57. The number of aryl methyl sites for hydroxylation is 1. The first kappa shape index (κ1) is 15.1. The molecule has 1 aromatic heterocycles. The highest BCUT2D eigenvalue weighted by atomic mass is 16.4. The Bertz CT molecular complexity index is 672. The van der Waals surface area contributed by atoms with E-state index in [9.17, 15) is 9.59 Å². The van der Waals surface area contributed by atoms with Crippen LogP contribution in [0.15, 0.2) is 28.9 Å². The van der Waals surface area contributed by atoms with Crippen molar-refractivity contribution in [3.05, 3.63) is 35.6 Å². The molecular formula is C16H19NO4. The van der Waals surface area contributed by atoms with Crippen molar-refractivity contribution >= 4 is 22.8 Å². The van der Waals surface area contributed by atoms with Crippen molar-refractivity contribution < 1.29 is 19.1 Å². The minimum atomic E-state index is -1.02. The molecule has 21 heavy (non-hydrogen) atoms. The van der Waals surface area contributed by atoms with Gasteiger partial charge in [-0.05, 0) is 24.5 Å². The number of benzene rings is 1. The number of carbonyl (C=O) groups excluding carboxylic acids is 1. The van der Waals surface area contributed by atoms with E-state index in [1.165, 1.54) is 0 Å². The Labute approximate surface area is 122 Å². The molecule has 2 N–H and O–H groups in total. The average molecular weight is 289 g/mol. The predicted octanol–water partition coefficient (Wildman–Crippen LogP) is 2.51. The summed E-state index contributed by atoms with van der Waals surface area (Å²) in [6.07, 6.45) is 1.65. The first-order valence-corrected chi connectivity index (χ1v) is 6.87. The van der Waals surface area contributed by atoms with Crippen LogP contribution in [0.4, 0.5) is 0 Å². The number of carbonyl (C=O) groups is 2. The lowest BCUT2D eigenvalue weighted by Crippen LogP contribution is -2.44. The third-order valence-corrected chi connectivity index (χ3v) is 3.41. The molecule has 2 aromatic rings. The highest BCUT2D eigenvalue weighted by Gasteiger charge is 2.23. The topological polar surface area (TPSA) is 79.5 Å². The van der Waals surface area contributed by atoms with Crippen molar-refractivity contribution in [2.75, 3.05) is 0 Å². The maximum atomic E-state index is 12.0. The lowest BCUT2D eigenvalue weighted by molar-refractivity contribution is -0.143. The highest BCUT2D eigenvalue weighted by Crippen LogP contribution is 2.22. The van der Waals surface area contributed by atoms with Gasteiger partial charge in [-0.2, -0.15) is 0 Å². The Morgan fingerprint density at radius 3 is 2.67 bits per heavy atom. The first-order valence-electron chi connectivity index (χ1n) is 6.87. The summed E-state index contributed by atoms with van der Waals surface area (Å²) in [6, 6.07) is 4.89. The number of carboxylic acid groups (broad SMARTS) is 1. The van der Waals surface area contributed by atoms with Gasteiger partial charge in [0, 0.05) is 10.9 Å². The maximum absolute atomic E-state index is 12.0. The maximum Gasteiger partial charge on any atom is 0.326 e. The van der Waals surface area contributed by atoms with Gasteiger partial charge in [0.15, 0.2) is 0 Å². The van der Waals surface area contributed by atoms with E-state index < -0.39 is 12.0 Å². The van der Waals surface area contributed by atoms with Gasteiger partial charge in [0.1, 0.15) is 11.6 Å². The molecular weight excluding hydrogens is 270 g/mol. The molecule has 0 saturated carbocycles. The van der Waals surface area contributed by atoms with Gasteiger partial charge in [-0.3, -0.25) is 4.79 Å². The SMILES string of the molecule is Cc1ccc2c(CC(=O)NC(C(=O)O)C(C)C)coc2c1. The van der Waals surface area contributed by atoms with Gasteiger partial charge in [0.25, 0.3) is 0 Å². The predicted molar refractivity (Wildman–Crippen MR) is 79.1 cm³/mol. The van der Waals surface area contributed by atoms with Crippen LogP contribution in [0.25, 0.3) is 11.0 Å². The van der Waals surface area contributed by atoms with Crippen LogP contribution in [0.1, 0.15) is 25.0 Å². The van der Waals surface area contributed by atoms with E-state index in [0.717, 1.165) is 22.1 Å². The Morgan fingerprint density at radius 1 is 1.33 bits per heavy atom. The van der Waals surface area contributed by atoms with Gasteiger partial charge in [0.05, 0.1) is 12.7 Å². The van der Waals surface area contributed by atoms with Crippen LogP contribution in [0.3, 0.4) is 0 Å². The van der Waals surface area contributed by atoms with Gasteiger partial charge in [-0.1, -0.05) is 26.0 Å². The normalized spacial score (nSPS) is 12.6. The molecule has 1 amide bonds. The van der Waals surface area contributed by atoms with Gasteiger partial charge < -0.3 is 14.8 Å². The molecule has 0 aliphatic rings. The molecule has 1 atom stereocenters. The molecule has 0 radical (unpaired) electrons. The Kier molecular flexibility index (Phi) is 4.31. The third-order valence-electron chi connectivity index (χ3n) is 3.41. The molecule has 0 bridgehead atoms. The minimum Gasteiger partial charge on any atom is -0.480 e. The molecule has 1 unspecified atom stereocenters. The molecule has 0 saturated heterocycles. The molecule has 112 valence electrons. The fourth-order valence-corrected chi connectivity index (χ4v) is 2.24. The number of carboxylic acids is 1. The number of amides is 1. The second-order valence-corrected chi connectivity index (χ2v) is 5.56. The molecule has 0 aliphatic carbocycles. The van der Waals surface area contributed by atoms with E-state index >= 15 is 0 Å². The van der Waals surface area contributed by atoms with Crippen molar-refractivity contribution in [3.8, 4) is 0 Å². The van der Waals surface area contributed by atoms with E-state index in [1.807, 2.05) is 25.1 Å². The van der Waals surface area contributed by atoms with Crippen LogP contribution in [0.5, 0.6) is 0 Å². The van der Waals surface area contributed by atoms with Crippen LogP contribution < -0.4 is 5.32 Å².